The average molecular weight is 393 g/mol. The van der Waals surface area contributed by atoms with Gasteiger partial charge in [0, 0.05) is 71.6 Å². The van der Waals surface area contributed by atoms with Gasteiger partial charge in [-0.05, 0) is 12.5 Å². The van der Waals surface area contributed by atoms with Gasteiger partial charge in [0.15, 0.2) is 0 Å². The molecule has 0 unspecified atom stereocenters. The fraction of sp³-hybridized carbons (Fsp3) is 0.308. The Hall–Kier alpha value is 0.438. The van der Waals surface area contributed by atoms with Crippen LogP contribution in [0.25, 0.3) is 0 Å². The van der Waals surface area contributed by atoms with Crippen molar-refractivity contribution in [2.24, 2.45) is 15.0 Å². The van der Waals surface area contributed by atoms with Gasteiger partial charge in [-0.1, -0.05) is 6.08 Å². The number of allylic oxidation sites excluding steroid dienone is 3. The summed E-state index contributed by atoms with van der Waals surface area (Å²) in [6.45, 7) is 15.7. The van der Waals surface area contributed by atoms with Gasteiger partial charge in [0.2, 0.25) is 0 Å². The second-order valence-electron chi connectivity index (χ2n) is 2.58. The van der Waals surface area contributed by atoms with Crippen LogP contribution in [0.1, 0.15) is 20.8 Å². The van der Waals surface area contributed by atoms with E-state index in [1.165, 1.54) is 18.0 Å². The molecule has 0 spiro atoms. The molecular formula is C13H17N3Y2-4. The largest absolute Gasteiger partial charge is 0.587 e. The molecule has 0 saturated carbocycles. The fourth-order valence-electron chi connectivity index (χ4n) is 0.595. The molecule has 94 valence electrons. The Kier molecular flexibility index (Phi) is 39.0. The molecule has 1 aliphatic heterocycles. The molecule has 2 radical (unpaired) electrons. The third-order valence-electron chi connectivity index (χ3n) is 1.22. The Morgan fingerprint density at radius 1 is 1.17 bits per heavy atom. The van der Waals surface area contributed by atoms with Gasteiger partial charge in [-0.2, -0.15) is 13.4 Å². The third-order valence-corrected chi connectivity index (χ3v) is 1.22. The van der Waals surface area contributed by atoms with Crippen molar-refractivity contribution >= 4 is 19.6 Å². The van der Waals surface area contributed by atoms with E-state index in [-0.39, 0.29) is 65.4 Å². The van der Waals surface area contributed by atoms with Crippen molar-refractivity contribution in [2.75, 3.05) is 6.54 Å². The van der Waals surface area contributed by atoms with Crippen molar-refractivity contribution in [3.8, 4) is 0 Å². The summed E-state index contributed by atoms with van der Waals surface area (Å²) in [5.74, 6) is 0. The van der Waals surface area contributed by atoms with Crippen molar-refractivity contribution < 1.29 is 65.4 Å². The van der Waals surface area contributed by atoms with Crippen molar-refractivity contribution in [3.63, 3.8) is 0 Å². The minimum absolute atomic E-state index is 0. The number of aliphatic imine (C=N–C) groups is 3. The summed E-state index contributed by atoms with van der Waals surface area (Å²) < 4.78 is 0. The minimum atomic E-state index is 0. The molecule has 0 bridgehead atoms. The number of hydrogen-bond acceptors (Lipinski definition) is 3. The zero-order valence-corrected chi connectivity index (χ0v) is 16.8. The number of nitrogens with zero attached hydrogens (tertiary/aromatic N) is 3. The van der Waals surface area contributed by atoms with Crippen LogP contribution in [0.3, 0.4) is 0 Å². The second-order valence-corrected chi connectivity index (χ2v) is 2.58. The fourth-order valence-corrected chi connectivity index (χ4v) is 0.595. The van der Waals surface area contributed by atoms with Gasteiger partial charge < -0.3 is 34.5 Å². The van der Waals surface area contributed by atoms with Crippen LogP contribution in [-0.4, -0.2) is 26.2 Å². The van der Waals surface area contributed by atoms with Gasteiger partial charge >= 0.3 is 0 Å². The summed E-state index contributed by atoms with van der Waals surface area (Å²) in [4.78, 5) is 10.2. The van der Waals surface area contributed by atoms with E-state index in [1.807, 2.05) is 6.21 Å². The summed E-state index contributed by atoms with van der Waals surface area (Å²) in [7, 11) is 0. The van der Waals surface area contributed by atoms with Crippen LogP contribution in [0.4, 0.5) is 0 Å². The van der Waals surface area contributed by atoms with Crippen LogP contribution < -0.4 is 0 Å². The predicted molar refractivity (Wildman–Crippen MR) is 71.1 cm³/mol. The van der Waals surface area contributed by atoms with E-state index < -0.39 is 0 Å². The van der Waals surface area contributed by atoms with E-state index in [2.05, 4.69) is 53.6 Å². The first-order valence-electron chi connectivity index (χ1n) is 4.67. The molecule has 0 amide bonds. The minimum Gasteiger partial charge on any atom is -0.587 e. The maximum atomic E-state index is 4.65. The Bertz CT molecular complexity index is 274. The van der Waals surface area contributed by atoms with E-state index in [1.54, 1.807) is 13.8 Å². The van der Waals surface area contributed by atoms with Crippen LogP contribution in [0.15, 0.2) is 39.0 Å². The molecule has 1 aliphatic rings. The Balaban J connectivity index is -0.0000000781. The standard InChI is InChI=1S/C5H7N.2C4H5N.2Y/c1-5-2-3-6-4-5;2*1-3-4-5-2;;/h2,4H,3H2,1H3;2*2,4H,1H3;;/q;2*-2;;. The molecule has 3 nitrogen and oxygen atoms in total. The van der Waals surface area contributed by atoms with Crippen LogP contribution >= 0.6 is 0 Å². The average Bonchev–Trinajstić information content (AvgIpc) is 2.73. The van der Waals surface area contributed by atoms with Gasteiger partial charge in [-0.3, -0.25) is 4.99 Å². The second kappa shape index (κ2) is 26.1. The summed E-state index contributed by atoms with van der Waals surface area (Å²) in [5, 5.41) is 0. The molecule has 5 heteroatoms. The monoisotopic (exact) mass is 393 g/mol. The molecule has 0 aliphatic carbocycles. The molecular weight excluding hydrogens is 376 g/mol. The molecule has 0 aromatic heterocycles. The zero-order chi connectivity index (χ0) is 12.6. The number of hydrogen-bond donors (Lipinski definition) is 0. The molecule has 0 atom stereocenters. The maximum Gasteiger partial charge on any atom is 0.0576 e. The summed E-state index contributed by atoms with van der Waals surface area (Å²) in [5.41, 5.74) is 1.29. The van der Waals surface area contributed by atoms with Gasteiger partial charge in [0.05, 0.1) is 6.54 Å². The van der Waals surface area contributed by atoms with Crippen LogP contribution in [-0.2, 0) is 65.4 Å². The molecule has 1 heterocycles. The van der Waals surface area contributed by atoms with E-state index >= 15 is 0 Å². The Morgan fingerprint density at radius 3 is 1.67 bits per heavy atom. The summed E-state index contributed by atoms with van der Waals surface area (Å²) in [6, 6.07) is 0. The van der Waals surface area contributed by atoms with E-state index in [9.17, 15) is 0 Å². The molecule has 0 aromatic rings. The van der Waals surface area contributed by atoms with E-state index in [4.69, 9.17) is 0 Å². The number of rotatable bonds is 2. The Morgan fingerprint density at radius 2 is 1.61 bits per heavy atom. The first-order valence-corrected chi connectivity index (χ1v) is 4.67. The first-order chi connectivity index (χ1) is 7.72. The quantitative estimate of drug-likeness (QED) is 0.512. The van der Waals surface area contributed by atoms with Crippen molar-refractivity contribution in [3.05, 3.63) is 36.2 Å². The molecule has 1 rings (SSSR count). The summed E-state index contributed by atoms with van der Waals surface area (Å²) in [6.07, 6.45) is 12.0. The van der Waals surface area contributed by atoms with Crippen molar-refractivity contribution in [2.45, 2.75) is 20.8 Å². The van der Waals surface area contributed by atoms with Crippen molar-refractivity contribution in [1.82, 2.24) is 0 Å². The Labute approximate surface area is 162 Å². The van der Waals surface area contributed by atoms with Crippen LogP contribution in [0.5, 0.6) is 0 Å². The molecule has 0 aromatic carbocycles. The zero-order valence-electron chi connectivity index (χ0n) is 11.2. The van der Waals surface area contributed by atoms with Crippen LogP contribution in [0, 0.1) is 12.2 Å². The van der Waals surface area contributed by atoms with Gasteiger partial charge in [0.25, 0.3) is 0 Å². The van der Waals surface area contributed by atoms with Gasteiger partial charge in [-0.25, -0.2) is 13.8 Å². The molecule has 0 fully saturated rings. The predicted octanol–water partition coefficient (Wildman–Crippen LogP) is 2.81. The third kappa shape index (κ3) is 29.9. The first kappa shape index (κ1) is 26.9. The molecule has 0 saturated heterocycles. The van der Waals surface area contributed by atoms with E-state index in [0.29, 0.717) is 0 Å². The van der Waals surface area contributed by atoms with E-state index in [0.717, 1.165) is 6.54 Å². The molecule has 0 N–H and O–H groups in total. The molecule has 18 heavy (non-hydrogen) atoms. The summed E-state index contributed by atoms with van der Waals surface area (Å²) >= 11 is 0. The van der Waals surface area contributed by atoms with Crippen molar-refractivity contribution in [1.29, 1.82) is 0 Å². The SMILES string of the molecule is CC1=CCN=C1.[CH-]=NC=[C-]C.[CH-]=NC=[C-]C.[Y].[Y]. The smallest absolute Gasteiger partial charge is 0.0576 e. The van der Waals surface area contributed by atoms with Gasteiger partial charge in [0.1, 0.15) is 0 Å². The normalized spacial score (nSPS) is 11.2. The topological polar surface area (TPSA) is 37.1 Å². The maximum absolute atomic E-state index is 4.65. The van der Waals surface area contributed by atoms with Gasteiger partial charge in [-0.15, -0.1) is 0 Å². The van der Waals surface area contributed by atoms with Crippen LogP contribution in [0.2, 0.25) is 0 Å².